The van der Waals surface area contributed by atoms with Crippen LogP contribution < -0.4 is 10.1 Å². The molecule has 1 aliphatic carbocycles. The van der Waals surface area contributed by atoms with E-state index in [-0.39, 0.29) is 24.3 Å². The number of nitrogens with one attached hydrogen (secondary N) is 1. The molecule has 2 aromatic heterocycles. The van der Waals surface area contributed by atoms with Gasteiger partial charge in [-0.15, -0.1) is 0 Å². The van der Waals surface area contributed by atoms with Gasteiger partial charge in [-0.3, -0.25) is 0 Å². The average Bonchev–Trinajstić information content (AvgIpc) is 3.05. The second kappa shape index (κ2) is 7.25. The molecule has 8 heteroatoms. The molecule has 1 N–H and O–H groups in total. The van der Waals surface area contributed by atoms with Crippen LogP contribution in [0.5, 0.6) is 5.88 Å². The first-order valence-corrected chi connectivity index (χ1v) is 8.18. The first kappa shape index (κ1) is 17.4. The van der Waals surface area contributed by atoms with Crippen LogP contribution in [-0.4, -0.2) is 21.1 Å². The molecule has 3 rings (SSSR count). The Kier molecular flexibility index (Phi) is 5.06. The van der Waals surface area contributed by atoms with E-state index in [1.54, 1.807) is 18.3 Å². The smallest absolute Gasteiger partial charge is 0.433 e. The van der Waals surface area contributed by atoms with Crippen molar-refractivity contribution in [1.29, 1.82) is 0 Å². The molecule has 25 heavy (non-hydrogen) atoms. The quantitative estimate of drug-likeness (QED) is 0.877. The summed E-state index contributed by atoms with van der Waals surface area (Å²) < 4.78 is 44.3. The van der Waals surface area contributed by atoms with Gasteiger partial charge in [0.05, 0.1) is 0 Å². The lowest BCUT2D eigenvalue weighted by Crippen LogP contribution is -2.13. The summed E-state index contributed by atoms with van der Waals surface area (Å²) in [5.74, 6) is 0.481. The predicted octanol–water partition coefficient (Wildman–Crippen LogP) is 4.13. The van der Waals surface area contributed by atoms with Crippen LogP contribution in [0.3, 0.4) is 0 Å². The molecule has 0 bridgehead atoms. The first-order chi connectivity index (χ1) is 11.9. The SMILES string of the molecule is Cc1cc(C(F)(F)F)nc(NCc2ccnc(OC3CCCC3)c2)n1. The van der Waals surface area contributed by atoms with Crippen LogP contribution in [0.15, 0.2) is 24.4 Å². The number of nitrogens with zero attached hydrogens (tertiary/aromatic N) is 3. The lowest BCUT2D eigenvalue weighted by molar-refractivity contribution is -0.141. The number of aryl methyl sites for hydroxylation is 1. The maximum Gasteiger partial charge on any atom is 0.433 e. The molecule has 0 radical (unpaired) electrons. The van der Waals surface area contributed by atoms with E-state index < -0.39 is 11.9 Å². The Bertz CT molecular complexity index is 730. The number of aromatic nitrogens is 3. The van der Waals surface area contributed by atoms with Crippen LogP contribution in [0, 0.1) is 6.92 Å². The van der Waals surface area contributed by atoms with Gasteiger partial charge in [0.1, 0.15) is 11.8 Å². The van der Waals surface area contributed by atoms with E-state index in [4.69, 9.17) is 4.74 Å². The molecule has 0 atom stereocenters. The monoisotopic (exact) mass is 352 g/mol. The van der Waals surface area contributed by atoms with Gasteiger partial charge in [-0.1, -0.05) is 0 Å². The Morgan fingerprint density at radius 1 is 1.20 bits per heavy atom. The molecule has 1 saturated carbocycles. The molecular weight excluding hydrogens is 333 g/mol. The maximum atomic E-state index is 12.8. The molecule has 0 spiro atoms. The van der Waals surface area contributed by atoms with E-state index in [2.05, 4.69) is 20.3 Å². The highest BCUT2D eigenvalue weighted by Gasteiger charge is 2.33. The van der Waals surface area contributed by atoms with Crippen molar-refractivity contribution in [2.45, 2.75) is 51.4 Å². The largest absolute Gasteiger partial charge is 0.474 e. The van der Waals surface area contributed by atoms with Gasteiger partial charge in [-0.05, 0) is 50.3 Å². The van der Waals surface area contributed by atoms with Crippen LogP contribution in [0.4, 0.5) is 19.1 Å². The predicted molar refractivity (Wildman–Crippen MR) is 86.2 cm³/mol. The Labute approximate surface area is 143 Å². The van der Waals surface area contributed by atoms with Crippen molar-refractivity contribution < 1.29 is 17.9 Å². The number of pyridine rings is 1. The third-order valence-corrected chi connectivity index (χ3v) is 3.98. The molecule has 2 aromatic rings. The van der Waals surface area contributed by atoms with Gasteiger partial charge < -0.3 is 10.1 Å². The van der Waals surface area contributed by atoms with Crippen molar-refractivity contribution in [2.75, 3.05) is 5.32 Å². The minimum absolute atomic E-state index is 0.0533. The van der Waals surface area contributed by atoms with E-state index >= 15 is 0 Å². The maximum absolute atomic E-state index is 12.8. The number of halogens is 3. The van der Waals surface area contributed by atoms with E-state index in [0.717, 1.165) is 37.3 Å². The highest BCUT2D eigenvalue weighted by atomic mass is 19.4. The van der Waals surface area contributed by atoms with Gasteiger partial charge in [0.25, 0.3) is 0 Å². The summed E-state index contributed by atoms with van der Waals surface area (Å²) in [6.45, 7) is 1.78. The van der Waals surface area contributed by atoms with Gasteiger partial charge in [0, 0.05) is 24.5 Å². The molecule has 0 amide bonds. The van der Waals surface area contributed by atoms with Gasteiger partial charge in [-0.25, -0.2) is 15.0 Å². The number of rotatable bonds is 5. The summed E-state index contributed by atoms with van der Waals surface area (Å²) in [6, 6.07) is 4.48. The van der Waals surface area contributed by atoms with Crippen LogP contribution in [0.25, 0.3) is 0 Å². The van der Waals surface area contributed by atoms with Gasteiger partial charge >= 0.3 is 6.18 Å². The lowest BCUT2D eigenvalue weighted by atomic mass is 10.2. The van der Waals surface area contributed by atoms with E-state index in [0.29, 0.717) is 5.88 Å². The van der Waals surface area contributed by atoms with E-state index in [1.165, 1.54) is 6.92 Å². The summed E-state index contributed by atoms with van der Waals surface area (Å²) >= 11 is 0. The number of hydrogen-bond donors (Lipinski definition) is 1. The summed E-state index contributed by atoms with van der Waals surface area (Å²) in [5, 5.41) is 2.83. The standard InChI is InChI=1S/C17H19F3N4O/c1-11-8-14(17(18,19)20)24-16(23-11)22-10-12-6-7-21-15(9-12)25-13-4-2-3-5-13/h6-9,13H,2-5,10H2,1H3,(H,22,23,24). The van der Waals surface area contributed by atoms with Crippen molar-refractivity contribution in [3.8, 4) is 5.88 Å². The second-order valence-electron chi connectivity index (χ2n) is 6.10. The van der Waals surface area contributed by atoms with Crippen LogP contribution >= 0.6 is 0 Å². The van der Waals surface area contributed by atoms with Crippen LogP contribution in [0.1, 0.15) is 42.6 Å². The second-order valence-corrected chi connectivity index (χ2v) is 6.10. The molecule has 1 aliphatic rings. The number of ether oxygens (including phenoxy) is 1. The van der Waals surface area contributed by atoms with E-state index in [9.17, 15) is 13.2 Å². The number of anilines is 1. The zero-order valence-electron chi connectivity index (χ0n) is 13.8. The molecular formula is C17H19F3N4O. The molecule has 0 unspecified atom stereocenters. The topological polar surface area (TPSA) is 59.9 Å². The van der Waals surface area contributed by atoms with Gasteiger partial charge in [0.2, 0.25) is 11.8 Å². The number of alkyl halides is 3. The fraction of sp³-hybridized carbons (Fsp3) is 0.471. The van der Waals surface area contributed by atoms with Crippen LogP contribution in [0.2, 0.25) is 0 Å². The average molecular weight is 352 g/mol. The summed E-state index contributed by atoms with van der Waals surface area (Å²) in [7, 11) is 0. The molecule has 134 valence electrons. The molecule has 0 saturated heterocycles. The van der Waals surface area contributed by atoms with E-state index in [1.807, 2.05) is 0 Å². The Hall–Kier alpha value is -2.38. The van der Waals surface area contributed by atoms with Crippen molar-refractivity contribution in [2.24, 2.45) is 0 Å². The highest BCUT2D eigenvalue weighted by molar-refractivity contribution is 5.32. The minimum Gasteiger partial charge on any atom is -0.474 e. The normalized spacial score (nSPS) is 15.4. The zero-order chi connectivity index (χ0) is 17.9. The van der Waals surface area contributed by atoms with Crippen molar-refractivity contribution in [1.82, 2.24) is 15.0 Å². The lowest BCUT2D eigenvalue weighted by Gasteiger charge is -2.13. The first-order valence-electron chi connectivity index (χ1n) is 8.18. The van der Waals surface area contributed by atoms with Gasteiger partial charge in [0.15, 0.2) is 0 Å². The van der Waals surface area contributed by atoms with Crippen molar-refractivity contribution >= 4 is 5.95 Å². The highest BCUT2D eigenvalue weighted by Crippen LogP contribution is 2.28. The van der Waals surface area contributed by atoms with Crippen molar-refractivity contribution in [3.05, 3.63) is 41.3 Å². The molecule has 0 aromatic carbocycles. The Balaban J connectivity index is 1.66. The Morgan fingerprint density at radius 3 is 2.68 bits per heavy atom. The minimum atomic E-state index is -4.50. The zero-order valence-corrected chi connectivity index (χ0v) is 13.8. The van der Waals surface area contributed by atoms with Crippen molar-refractivity contribution in [3.63, 3.8) is 0 Å². The molecule has 1 fully saturated rings. The molecule has 5 nitrogen and oxygen atoms in total. The Morgan fingerprint density at radius 2 is 1.96 bits per heavy atom. The number of hydrogen-bond acceptors (Lipinski definition) is 5. The summed E-state index contributed by atoms with van der Waals surface area (Å²) in [5.41, 5.74) is 0.133. The summed E-state index contributed by atoms with van der Waals surface area (Å²) in [4.78, 5) is 11.7. The fourth-order valence-electron chi connectivity index (χ4n) is 2.78. The summed E-state index contributed by atoms with van der Waals surface area (Å²) in [6.07, 6.45) is 1.72. The fourth-order valence-corrected chi connectivity index (χ4v) is 2.78. The molecule has 2 heterocycles. The van der Waals surface area contributed by atoms with Gasteiger partial charge in [-0.2, -0.15) is 13.2 Å². The third-order valence-electron chi connectivity index (χ3n) is 3.98. The molecule has 0 aliphatic heterocycles. The third kappa shape index (κ3) is 4.80. The van der Waals surface area contributed by atoms with Crippen LogP contribution in [-0.2, 0) is 12.7 Å².